The minimum Gasteiger partial charge on any atom is -0.497 e. The maximum atomic E-state index is 13.9. The third kappa shape index (κ3) is 5.63. The average molecular weight is 492 g/mol. The quantitative estimate of drug-likeness (QED) is 0.263. The molecule has 7 heteroatoms. The minimum atomic E-state index is -4.05. The van der Waals surface area contributed by atoms with Crippen molar-refractivity contribution in [3.63, 3.8) is 0 Å². The monoisotopic (exact) mass is 491 g/mol. The molecule has 35 heavy (non-hydrogen) atoms. The van der Waals surface area contributed by atoms with E-state index in [1.54, 1.807) is 64.3 Å². The van der Waals surface area contributed by atoms with Crippen molar-refractivity contribution in [1.82, 2.24) is 4.72 Å². The number of hydrogen-bond donors (Lipinski definition) is 1. The van der Waals surface area contributed by atoms with Gasteiger partial charge in [0, 0.05) is 10.8 Å². The molecule has 0 amide bonds. The fourth-order valence-corrected chi connectivity index (χ4v) is 5.78. The largest absolute Gasteiger partial charge is 0.497 e. The van der Waals surface area contributed by atoms with Gasteiger partial charge in [0.2, 0.25) is 10.0 Å². The zero-order chi connectivity index (χ0) is 25.2. The van der Waals surface area contributed by atoms with E-state index < -0.39 is 27.6 Å². The summed E-state index contributed by atoms with van der Waals surface area (Å²) in [5, 5.41) is 2.87. The van der Waals surface area contributed by atoms with Gasteiger partial charge < -0.3 is 9.47 Å². The highest BCUT2D eigenvalue weighted by Gasteiger charge is 2.29. The van der Waals surface area contributed by atoms with Crippen LogP contribution >= 0.6 is 0 Å². The first-order chi connectivity index (χ1) is 16.6. The Hall–Kier alpha value is -3.42. The lowest BCUT2D eigenvalue weighted by molar-refractivity contribution is -0.155. The first-order valence-corrected chi connectivity index (χ1v) is 12.8. The highest BCUT2D eigenvalue weighted by atomic mass is 32.2. The van der Waals surface area contributed by atoms with Gasteiger partial charge in [-0.25, -0.2) is 13.1 Å². The van der Waals surface area contributed by atoms with Gasteiger partial charge in [0.1, 0.15) is 11.4 Å². The zero-order valence-electron chi connectivity index (χ0n) is 20.2. The molecule has 4 rings (SSSR count). The SMILES string of the molecule is COc1ccc(C(CC(=O)OC(C)(C)C)NS(=O)(=O)c2c3ccccc3cc3ccccc23)cc1. The van der Waals surface area contributed by atoms with Crippen LogP contribution in [0.4, 0.5) is 0 Å². The Morgan fingerprint density at radius 3 is 1.94 bits per heavy atom. The van der Waals surface area contributed by atoms with E-state index in [4.69, 9.17) is 9.47 Å². The van der Waals surface area contributed by atoms with Crippen molar-refractivity contribution in [3.8, 4) is 5.75 Å². The van der Waals surface area contributed by atoms with Crippen molar-refractivity contribution in [3.05, 3.63) is 84.4 Å². The number of ether oxygens (including phenoxy) is 2. The van der Waals surface area contributed by atoms with Crippen molar-refractivity contribution < 1.29 is 22.7 Å². The molecule has 6 nitrogen and oxygen atoms in total. The molecule has 0 heterocycles. The molecule has 0 aliphatic carbocycles. The molecule has 0 aliphatic rings. The molecule has 1 atom stereocenters. The highest BCUT2D eigenvalue weighted by Crippen LogP contribution is 2.33. The molecule has 0 aromatic heterocycles. The van der Waals surface area contributed by atoms with E-state index in [1.165, 1.54) is 0 Å². The highest BCUT2D eigenvalue weighted by molar-refractivity contribution is 7.90. The van der Waals surface area contributed by atoms with Crippen LogP contribution in [-0.4, -0.2) is 27.1 Å². The molecule has 0 bridgehead atoms. The summed E-state index contributed by atoms with van der Waals surface area (Å²) in [6.07, 6.45) is -0.161. The zero-order valence-corrected chi connectivity index (χ0v) is 21.1. The van der Waals surface area contributed by atoms with Gasteiger partial charge in [-0.2, -0.15) is 0 Å². The maximum absolute atomic E-state index is 13.9. The molecule has 1 unspecified atom stereocenters. The number of esters is 1. The summed E-state index contributed by atoms with van der Waals surface area (Å²) in [5.74, 6) is 0.136. The standard InChI is InChI=1S/C28H29NO5S/c1-28(2,3)34-26(30)18-25(19-13-15-22(33-4)16-14-19)29-35(31,32)27-23-11-7-5-9-20(23)17-21-10-6-8-12-24(21)27/h5-17,25,29H,18H2,1-4H3. The summed E-state index contributed by atoms with van der Waals surface area (Å²) in [4.78, 5) is 12.9. The summed E-state index contributed by atoms with van der Waals surface area (Å²) >= 11 is 0. The second-order valence-electron chi connectivity index (χ2n) is 9.39. The van der Waals surface area contributed by atoms with Crippen LogP contribution in [0.15, 0.2) is 83.8 Å². The lowest BCUT2D eigenvalue weighted by atomic mass is 10.0. The number of hydrogen-bond acceptors (Lipinski definition) is 5. The van der Waals surface area contributed by atoms with Crippen LogP contribution in [0.1, 0.15) is 38.8 Å². The summed E-state index contributed by atoms with van der Waals surface area (Å²) in [6.45, 7) is 5.33. The van der Waals surface area contributed by atoms with E-state index in [0.29, 0.717) is 22.1 Å². The van der Waals surface area contributed by atoms with E-state index >= 15 is 0 Å². The van der Waals surface area contributed by atoms with Crippen molar-refractivity contribution in [2.24, 2.45) is 0 Å². The second kappa shape index (κ2) is 9.68. The van der Waals surface area contributed by atoms with Crippen LogP contribution < -0.4 is 9.46 Å². The number of sulfonamides is 1. The molecule has 0 fully saturated rings. The van der Waals surface area contributed by atoms with Gasteiger partial charge in [0.05, 0.1) is 24.5 Å². The molecular formula is C28H29NO5S. The number of rotatable bonds is 7. The fourth-order valence-electron chi connectivity index (χ4n) is 4.12. The predicted octanol–water partition coefficient (Wildman–Crippen LogP) is 5.75. The van der Waals surface area contributed by atoms with E-state index in [9.17, 15) is 13.2 Å². The average Bonchev–Trinajstić information content (AvgIpc) is 2.80. The van der Waals surface area contributed by atoms with Crippen LogP contribution in [0.2, 0.25) is 0 Å². The number of nitrogens with one attached hydrogen (secondary N) is 1. The second-order valence-corrected chi connectivity index (χ2v) is 11.0. The molecule has 1 N–H and O–H groups in total. The van der Waals surface area contributed by atoms with Crippen LogP contribution in [-0.2, 0) is 19.6 Å². The van der Waals surface area contributed by atoms with Crippen molar-refractivity contribution in [1.29, 1.82) is 0 Å². The number of methoxy groups -OCH3 is 1. The molecule has 182 valence electrons. The van der Waals surface area contributed by atoms with Crippen LogP contribution in [0.25, 0.3) is 21.5 Å². The third-order valence-corrected chi connectivity index (χ3v) is 7.17. The first-order valence-electron chi connectivity index (χ1n) is 11.4. The summed E-state index contributed by atoms with van der Waals surface area (Å²) < 4.78 is 41.4. The summed E-state index contributed by atoms with van der Waals surface area (Å²) in [5.41, 5.74) is -0.0588. The summed E-state index contributed by atoms with van der Waals surface area (Å²) in [6, 6.07) is 22.9. The van der Waals surface area contributed by atoms with Gasteiger partial charge in [-0.15, -0.1) is 0 Å². The minimum absolute atomic E-state index is 0.161. The Morgan fingerprint density at radius 1 is 0.886 bits per heavy atom. The van der Waals surface area contributed by atoms with Crippen molar-refractivity contribution in [2.45, 2.75) is 43.7 Å². The number of carbonyl (C=O) groups excluding carboxylic acids is 1. The van der Waals surface area contributed by atoms with Gasteiger partial charge in [-0.05, 0) is 55.3 Å². The van der Waals surface area contributed by atoms with E-state index in [1.807, 2.05) is 42.5 Å². The smallest absolute Gasteiger partial charge is 0.308 e. The van der Waals surface area contributed by atoms with Gasteiger partial charge >= 0.3 is 5.97 Å². The normalized spacial score (nSPS) is 13.0. The van der Waals surface area contributed by atoms with Gasteiger partial charge in [0.15, 0.2) is 0 Å². The number of carbonyl (C=O) groups is 1. The van der Waals surface area contributed by atoms with Gasteiger partial charge in [0.25, 0.3) is 0 Å². The van der Waals surface area contributed by atoms with Gasteiger partial charge in [-0.1, -0.05) is 60.7 Å². The molecule has 4 aromatic rings. The van der Waals surface area contributed by atoms with Crippen molar-refractivity contribution in [2.75, 3.05) is 7.11 Å². The summed E-state index contributed by atoms with van der Waals surface area (Å²) in [7, 11) is -2.50. The van der Waals surface area contributed by atoms with E-state index in [0.717, 1.165) is 10.8 Å². The number of benzene rings is 4. The third-order valence-electron chi connectivity index (χ3n) is 5.60. The number of fused-ring (bicyclic) bond motifs is 2. The lowest BCUT2D eigenvalue weighted by Crippen LogP contribution is -2.33. The molecule has 4 aromatic carbocycles. The van der Waals surface area contributed by atoms with Gasteiger partial charge in [-0.3, -0.25) is 4.79 Å². The molecule has 0 saturated heterocycles. The molecule has 0 aliphatic heterocycles. The molecule has 0 saturated carbocycles. The Morgan fingerprint density at radius 2 is 1.43 bits per heavy atom. The Bertz CT molecular complexity index is 1420. The van der Waals surface area contributed by atoms with Crippen LogP contribution in [0.3, 0.4) is 0 Å². The lowest BCUT2D eigenvalue weighted by Gasteiger charge is -2.24. The Kier molecular flexibility index (Phi) is 6.83. The topological polar surface area (TPSA) is 81.7 Å². The van der Waals surface area contributed by atoms with Crippen molar-refractivity contribution >= 4 is 37.5 Å². The maximum Gasteiger partial charge on any atom is 0.308 e. The predicted molar refractivity (Wildman–Crippen MR) is 138 cm³/mol. The van der Waals surface area contributed by atoms with Crippen LogP contribution in [0, 0.1) is 0 Å². The fraction of sp³-hybridized carbons (Fsp3) is 0.250. The molecule has 0 radical (unpaired) electrons. The Balaban J connectivity index is 1.81. The molecular weight excluding hydrogens is 462 g/mol. The van der Waals surface area contributed by atoms with E-state index in [-0.39, 0.29) is 11.3 Å². The molecule has 0 spiro atoms. The first kappa shape index (κ1) is 24.7. The Labute approximate surface area is 205 Å². The van der Waals surface area contributed by atoms with E-state index in [2.05, 4.69) is 4.72 Å². The van der Waals surface area contributed by atoms with Crippen LogP contribution in [0.5, 0.6) is 5.75 Å².